The van der Waals surface area contributed by atoms with Crippen LogP contribution in [0.2, 0.25) is 0 Å². The van der Waals surface area contributed by atoms with Gasteiger partial charge in [0, 0.05) is 18.3 Å². The molecule has 2 bridgehead atoms. The van der Waals surface area contributed by atoms with Crippen molar-refractivity contribution in [2.45, 2.75) is 25.7 Å². The van der Waals surface area contributed by atoms with Crippen molar-refractivity contribution in [2.24, 2.45) is 17.8 Å². The van der Waals surface area contributed by atoms with Crippen molar-refractivity contribution in [1.29, 1.82) is 0 Å². The molecule has 3 unspecified atom stereocenters. The lowest BCUT2D eigenvalue weighted by Gasteiger charge is -2.21. The number of carbonyl (C=O) groups is 2. The van der Waals surface area contributed by atoms with Crippen LogP contribution < -0.4 is 5.32 Å². The van der Waals surface area contributed by atoms with E-state index >= 15 is 0 Å². The van der Waals surface area contributed by atoms with Crippen molar-refractivity contribution in [3.05, 3.63) is 29.6 Å². The van der Waals surface area contributed by atoms with Crippen molar-refractivity contribution in [1.82, 2.24) is 10.3 Å². The third kappa shape index (κ3) is 2.53. The Morgan fingerprint density at radius 2 is 2.20 bits per heavy atom. The molecule has 0 saturated heterocycles. The Bertz CT molecular complexity index is 544. The van der Waals surface area contributed by atoms with Gasteiger partial charge in [0.25, 0.3) is 5.91 Å². The molecule has 20 heavy (non-hydrogen) atoms. The number of aromatic nitrogens is 1. The molecule has 0 spiro atoms. The summed E-state index contributed by atoms with van der Waals surface area (Å²) in [5.41, 5.74) is 0.262. The number of hydrogen-bond acceptors (Lipinski definition) is 3. The minimum atomic E-state index is -1.12. The first kappa shape index (κ1) is 13.1. The highest BCUT2D eigenvalue weighted by Crippen LogP contribution is 2.47. The average Bonchev–Trinajstić information content (AvgIpc) is 3.07. The van der Waals surface area contributed by atoms with Gasteiger partial charge in [-0.05, 0) is 49.1 Å². The Labute approximate surface area is 117 Å². The van der Waals surface area contributed by atoms with Crippen molar-refractivity contribution in [3.8, 4) is 0 Å². The third-order valence-electron chi connectivity index (χ3n) is 4.65. The van der Waals surface area contributed by atoms with Gasteiger partial charge >= 0.3 is 5.97 Å². The number of aromatic carboxylic acids is 1. The van der Waals surface area contributed by atoms with Crippen LogP contribution in [0.3, 0.4) is 0 Å². The van der Waals surface area contributed by atoms with E-state index in [1.54, 1.807) is 6.07 Å². The third-order valence-corrected chi connectivity index (χ3v) is 4.65. The van der Waals surface area contributed by atoms with Crippen LogP contribution in [0.15, 0.2) is 18.3 Å². The van der Waals surface area contributed by atoms with Gasteiger partial charge < -0.3 is 10.4 Å². The zero-order chi connectivity index (χ0) is 14.1. The number of rotatable bonds is 4. The summed E-state index contributed by atoms with van der Waals surface area (Å²) in [5, 5.41) is 11.8. The van der Waals surface area contributed by atoms with Crippen LogP contribution in [0.25, 0.3) is 0 Å². The van der Waals surface area contributed by atoms with Crippen LogP contribution in [-0.2, 0) is 0 Å². The molecule has 1 aromatic heterocycles. The highest BCUT2D eigenvalue weighted by Gasteiger charge is 2.39. The number of carboxylic acid groups (broad SMARTS) is 1. The molecule has 1 heterocycles. The van der Waals surface area contributed by atoms with Gasteiger partial charge in [-0.2, -0.15) is 0 Å². The van der Waals surface area contributed by atoms with E-state index in [0.717, 1.165) is 11.8 Å². The summed E-state index contributed by atoms with van der Waals surface area (Å²) in [6.45, 7) is 0.699. The van der Waals surface area contributed by atoms with Crippen LogP contribution in [0.5, 0.6) is 0 Å². The predicted molar refractivity (Wildman–Crippen MR) is 72.5 cm³/mol. The summed E-state index contributed by atoms with van der Waals surface area (Å²) in [7, 11) is 0. The Kier molecular flexibility index (Phi) is 3.42. The SMILES string of the molecule is O=C(NCC1CC2CCC1C2)c1ccnc(C(=O)O)c1. The van der Waals surface area contributed by atoms with E-state index in [0.29, 0.717) is 18.0 Å². The van der Waals surface area contributed by atoms with Gasteiger partial charge in [0.15, 0.2) is 0 Å². The maximum atomic E-state index is 12.1. The van der Waals surface area contributed by atoms with Gasteiger partial charge in [0.05, 0.1) is 0 Å². The van der Waals surface area contributed by atoms with Gasteiger partial charge in [0.2, 0.25) is 0 Å². The maximum absolute atomic E-state index is 12.1. The standard InChI is InChI=1S/C15H18N2O3/c18-14(11-3-4-16-13(7-11)15(19)20)17-8-12-6-9-1-2-10(12)5-9/h3-4,7,9-10,12H,1-2,5-6,8H2,(H,17,18)(H,19,20). The molecule has 3 rings (SSSR count). The topological polar surface area (TPSA) is 79.3 Å². The van der Waals surface area contributed by atoms with Gasteiger partial charge in [-0.3, -0.25) is 4.79 Å². The maximum Gasteiger partial charge on any atom is 0.354 e. The second kappa shape index (κ2) is 5.23. The number of nitrogens with one attached hydrogen (secondary N) is 1. The number of hydrogen-bond donors (Lipinski definition) is 2. The normalized spacial score (nSPS) is 27.5. The number of carbonyl (C=O) groups excluding carboxylic acids is 1. The van der Waals surface area contributed by atoms with E-state index in [1.807, 2.05) is 0 Å². The van der Waals surface area contributed by atoms with Crippen LogP contribution >= 0.6 is 0 Å². The summed E-state index contributed by atoms with van der Waals surface area (Å²) < 4.78 is 0. The molecular formula is C15H18N2O3. The lowest BCUT2D eigenvalue weighted by molar-refractivity contribution is 0.0690. The van der Waals surface area contributed by atoms with Gasteiger partial charge in [-0.15, -0.1) is 0 Å². The smallest absolute Gasteiger partial charge is 0.354 e. The van der Waals surface area contributed by atoms with Crippen molar-refractivity contribution >= 4 is 11.9 Å². The molecule has 0 radical (unpaired) electrons. The highest BCUT2D eigenvalue weighted by molar-refractivity contribution is 5.96. The molecule has 5 heteroatoms. The number of carboxylic acids is 1. The summed E-state index contributed by atoms with van der Waals surface area (Å²) >= 11 is 0. The first-order valence-electron chi connectivity index (χ1n) is 7.11. The molecule has 2 saturated carbocycles. The van der Waals surface area contributed by atoms with E-state index < -0.39 is 5.97 Å². The summed E-state index contributed by atoms with van der Waals surface area (Å²) in [6, 6.07) is 2.86. The monoisotopic (exact) mass is 274 g/mol. The molecule has 0 aliphatic heterocycles. The number of nitrogens with zero attached hydrogens (tertiary/aromatic N) is 1. The molecule has 5 nitrogen and oxygen atoms in total. The molecule has 0 aromatic carbocycles. The Hall–Kier alpha value is -1.91. The fourth-order valence-electron chi connectivity index (χ4n) is 3.64. The Morgan fingerprint density at radius 1 is 1.35 bits per heavy atom. The van der Waals surface area contributed by atoms with Gasteiger partial charge in [-0.1, -0.05) is 6.42 Å². The zero-order valence-corrected chi connectivity index (χ0v) is 11.2. The molecule has 3 atom stereocenters. The second-order valence-corrected chi connectivity index (χ2v) is 5.88. The van der Waals surface area contributed by atoms with E-state index in [9.17, 15) is 9.59 Å². The highest BCUT2D eigenvalue weighted by atomic mass is 16.4. The van der Waals surface area contributed by atoms with Gasteiger partial charge in [0.1, 0.15) is 5.69 Å². The number of fused-ring (bicyclic) bond motifs is 2. The molecular weight excluding hydrogens is 256 g/mol. The van der Waals surface area contributed by atoms with Crippen LogP contribution in [0.1, 0.15) is 46.5 Å². The van der Waals surface area contributed by atoms with Gasteiger partial charge in [-0.25, -0.2) is 9.78 Å². The van der Waals surface area contributed by atoms with Crippen LogP contribution in [0, 0.1) is 17.8 Å². The van der Waals surface area contributed by atoms with Crippen LogP contribution in [-0.4, -0.2) is 28.5 Å². The molecule has 2 N–H and O–H groups in total. The van der Waals surface area contributed by atoms with Crippen molar-refractivity contribution in [2.75, 3.05) is 6.54 Å². The number of amides is 1. The van der Waals surface area contributed by atoms with E-state index in [-0.39, 0.29) is 11.6 Å². The lowest BCUT2D eigenvalue weighted by Crippen LogP contribution is -2.31. The molecule has 2 aliphatic rings. The molecule has 2 fully saturated rings. The summed E-state index contributed by atoms with van der Waals surface area (Å²) in [5.74, 6) is 0.901. The van der Waals surface area contributed by atoms with E-state index in [1.165, 1.54) is 37.9 Å². The fourth-order valence-corrected chi connectivity index (χ4v) is 3.64. The zero-order valence-electron chi connectivity index (χ0n) is 11.2. The predicted octanol–water partition coefficient (Wildman–Crippen LogP) is 1.95. The summed E-state index contributed by atoms with van der Waals surface area (Å²) in [4.78, 5) is 26.6. The Balaban J connectivity index is 1.59. The molecule has 1 amide bonds. The average molecular weight is 274 g/mol. The first-order valence-corrected chi connectivity index (χ1v) is 7.11. The Morgan fingerprint density at radius 3 is 2.85 bits per heavy atom. The minimum Gasteiger partial charge on any atom is -0.477 e. The number of pyridine rings is 1. The van der Waals surface area contributed by atoms with Crippen molar-refractivity contribution < 1.29 is 14.7 Å². The minimum absolute atomic E-state index is 0.0995. The lowest BCUT2D eigenvalue weighted by atomic mass is 9.89. The van der Waals surface area contributed by atoms with Crippen LogP contribution in [0.4, 0.5) is 0 Å². The largest absolute Gasteiger partial charge is 0.477 e. The van der Waals surface area contributed by atoms with Crippen molar-refractivity contribution in [3.63, 3.8) is 0 Å². The summed E-state index contributed by atoms with van der Waals surface area (Å²) in [6.07, 6.45) is 6.54. The second-order valence-electron chi connectivity index (χ2n) is 5.88. The molecule has 2 aliphatic carbocycles. The van der Waals surface area contributed by atoms with E-state index in [2.05, 4.69) is 10.3 Å². The molecule has 1 aromatic rings. The first-order chi connectivity index (χ1) is 9.63. The fraction of sp³-hybridized carbons (Fsp3) is 0.533. The van der Waals surface area contributed by atoms with E-state index in [4.69, 9.17) is 5.11 Å². The molecule has 106 valence electrons. The quantitative estimate of drug-likeness (QED) is 0.879.